The minimum Gasteiger partial charge on any atom is -0.481 e. The SMILES string of the molecule is O=C(O)CCn1cc(CN2CCOCC2)c(=O)[nH]c1=O. The third-order valence-corrected chi connectivity index (χ3v) is 3.15. The molecule has 8 heteroatoms. The maximum absolute atomic E-state index is 11.8. The minimum absolute atomic E-state index is 0.0427. The first kappa shape index (κ1) is 14.5. The Morgan fingerprint density at radius 2 is 2.05 bits per heavy atom. The summed E-state index contributed by atoms with van der Waals surface area (Å²) in [4.78, 5) is 38.2. The van der Waals surface area contributed by atoms with Gasteiger partial charge in [-0.25, -0.2) is 4.79 Å². The number of aryl methyl sites for hydroxylation is 1. The number of H-pyrrole nitrogens is 1. The number of carboxylic acids is 1. The number of hydrogen-bond donors (Lipinski definition) is 2. The van der Waals surface area contributed by atoms with Gasteiger partial charge in [0, 0.05) is 37.9 Å². The number of ether oxygens (including phenoxy) is 1. The van der Waals surface area contributed by atoms with E-state index < -0.39 is 17.2 Å². The summed E-state index contributed by atoms with van der Waals surface area (Å²) < 4.78 is 6.45. The van der Waals surface area contributed by atoms with Crippen molar-refractivity contribution in [2.45, 2.75) is 19.5 Å². The second-order valence-electron chi connectivity index (χ2n) is 4.64. The van der Waals surface area contributed by atoms with Crippen LogP contribution in [0.15, 0.2) is 15.8 Å². The van der Waals surface area contributed by atoms with Gasteiger partial charge in [0.25, 0.3) is 5.56 Å². The molecule has 0 atom stereocenters. The lowest BCUT2D eigenvalue weighted by Gasteiger charge is -2.26. The predicted octanol–water partition coefficient (Wildman–Crippen LogP) is -1.16. The maximum atomic E-state index is 11.8. The van der Waals surface area contributed by atoms with Gasteiger partial charge in [-0.1, -0.05) is 0 Å². The summed E-state index contributed by atoms with van der Waals surface area (Å²) in [5.74, 6) is -0.988. The smallest absolute Gasteiger partial charge is 0.328 e. The fourth-order valence-corrected chi connectivity index (χ4v) is 2.05. The lowest BCUT2D eigenvalue weighted by Crippen LogP contribution is -2.39. The Balaban J connectivity index is 2.15. The molecule has 0 radical (unpaired) electrons. The van der Waals surface area contributed by atoms with E-state index in [0.717, 1.165) is 13.1 Å². The Hall–Kier alpha value is -1.93. The van der Waals surface area contributed by atoms with Crippen molar-refractivity contribution in [3.05, 3.63) is 32.6 Å². The number of carboxylic acid groups (broad SMARTS) is 1. The average molecular weight is 283 g/mol. The molecule has 1 aromatic heterocycles. The van der Waals surface area contributed by atoms with Crippen LogP contribution in [0.4, 0.5) is 0 Å². The molecule has 0 unspecified atom stereocenters. The van der Waals surface area contributed by atoms with Crippen LogP contribution in [0.2, 0.25) is 0 Å². The summed E-state index contributed by atoms with van der Waals surface area (Å²) in [6, 6.07) is 0. The van der Waals surface area contributed by atoms with Crippen molar-refractivity contribution in [1.82, 2.24) is 14.5 Å². The van der Waals surface area contributed by atoms with Crippen LogP contribution in [-0.4, -0.2) is 51.8 Å². The molecule has 0 aliphatic carbocycles. The second kappa shape index (κ2) is 6.49. The zero-order valence-corrected chi connectivity index (χ0v) is 11.0. The molecule has 0 bridgehead atoms. The normalized spacial score (nSPS) is 16.2. The molecule has 1 saturated heterocycles. The van der Waals surface area contributed by atoms with Gasteiger partial charge < -0.3 is 9.84 Å². The number of aromatic nitrogens is 2. The molecule has 1 aliphatic rings. The number of aromatic amines is 1. The molecule has 0 amide bonds. The number of hydrogen-bond acceptors (Lipinski definition) is 5. The zero-order chi connectivity index (χ0) is 14.5. The molecule has 1 fully saturated rings. The van der Waals surface area contributed by atoms with Gasteiger partial charge in [0.05, 0.1) is 19.6 Å². The van der Waals surface area contributed by atoms with Crippen LogP contribution in [0.1, 0.15) is 12.0 Å². The molecule has 1 aliphatic heterocycles. The number of rotatable bonds is 5. The first-order chi connectivity index (χ1) is 9.56. The van der Waals surface area contributed by atoms with Crippen molar-refractivity contribution >= 4 is 5.97 Å². The first-order valence-corrected chi connectivity index (χ1v) is 6.41. The maximum Gasteiger partial charge on any atom is 0.328 e. The monoisotopic (exact) mass is 283 g/mol. The third-order valence-electron chi connectivity index (χ3n) is 3.15. The van der Waals surface area contributed by atoms with Gasteiger partial charge >= 0.3 is 11.7 Å². The summed E-state index contributed by atoms with van der Waals surface area (Å²) in [7, 11) is 0. The highest BCUT2D eigenvalue weighted by atomic mass is 16.5. The van der Waals surface area contributed by atoms with E-state index in [1.54, 1.807) is 0 Å². The fourth-order valence-electron chi connectivity index (χ4n) is 2.05. The molecule has 110 valence electrons. The van der Waals surface area contributed by atoms with Crippen molar-refractivity contribution in [1.29, 1.82) is 0 Å². The van der Waals surface area contributed by atoms with Crippen molar-refractivity contribution in [3.8, 4) is 0 Å². The molecular formula is C12H17N3O5. The molecule has 0 spiro atoms. The lowest BCUT2D eigenvalue weighted by atomic mass is 10.3. The largest absolute Gasteiger partial charge is 0.481 e. The molecule has 2 N–H and O–H groups in total. The van der Waals surface area contributed by atoms with Crippen LogP contribution in [0.3, 0.4) is 0 Å². The predicted molar refractivity (Wildman–Crippen MR) is 69.7 cm³/mol. The van der Waals surface area contributed by atoms with E-state index in [2.05, 4.69) is 9.88 Å². The first-order valence-electron chi connectivity index (χ1n) is 6.41. The minimum atomic E-state index is -0.988. The van der Waals surface area contributed by atoms with E-state index in [9.17, 15) is 14.4 Å². The summed E-state index contributed by atoms with van der Waals surface area (Å²) in [5, 5.41) is 8.64. The van der Waals surface area contributed by atoms with E-state index in [1.807, 2.05) is 0 Å². The van der Waals surface area contributed by atoms with Gasteiger partial charge in [0.15, 0.2) is 0 Å². The van der Waals surface area contributed by atoms with Crippen molar-refractivity contribution in [2.24, 2.45) is 0 Å². The van der Waals surface area contributed by atoms with Gasteiger partial charge in [0.2, 0.25) is 0 Å². The van der Waals surface area contributed by atoms with Gasteiger partial charge in [-0.15, -0.1) is 0 Å². The highest BCUT2D eigenvalue weighted by molar-refractivity contribution is 5.66. The number of morpholine rings is 1. The summed E-state index contributed by atoms with van der Waals surface area (Å²) in [6.45, 7) is 3.17. The van der Waals surface area contributed by atoms with Gasteiger partial charge in [-0.3, -0.25) is 24.0 Å². The highest BCUT2D eigenvalue weighted by Crippen LogP contribution is 2.02. The molecule has 0 aromatic carbocycles. The van der Waals surface area contributed by atoms with E-state index in [1.165, 1.54) is 10.8 Å². The quantitative estimate of drug-likeness (QED) is 0.706. The summed E-state index contributed by atoms with van der Waals surface area (Å²) in [5.41, 5.74) is -0.549. The van der Waals surface area contributed by atoms with Gasteiger partial charge in [0.1, 0.15) is 0 Å². The van der Waals surface area contributed by atoms with Crippen LogP contribution in [-0.2, 0) is 22.6 Å². The summed E-state index contributed by atoms with van der Waals surface area (Å²) >= 11 is 0. The van der Waals surface area contributed by atoms with Crippen molar-refractivity contribution < 1.29 is 14.6 Å². The number of aliphatic carboxylic acids is 1. The van der Waals surface area contributed by atoms with Gasteiger partial charge in [-0.05, 0) is 0 Å². The Bertz CT molecular complexity index is 585. The highest BCUT2D eigenvalue weighted by Gasteiger charge is 2.14. The Morgan fingerprint density at radius 1 is 1.35 bits per heavy atom. The van der Waals surface area contributed by atoms with Crippen LogP contribution in [0.5, 0.6) is 0 Å². The van der Waals surface area contributed by atoms with Crippen LogP contribution >= 0.6 is 0 Å². The van der Waals surface area contributed by atoms with Crippen molar-refractivity contribution in [3.63, 3.8) is 0 Å². The molecule has 20 heavy (non-hydrogen) atoms. The molecular weight excluding hydrogens is 266 g/mol. The molecule has 0 saturated carbocycles. The van der Waals surface area contributed by atoms with E-state index in [-0.39, 0.29) is 13.0 Å². The van der Waals surface area contributed by atoms with E-state index in [4.69, 9.17) is 9.84 Å². The molecule has 1 aromatic rings. The summed E-state index contributed by atoms with van der Waals surface area (Å²) in [6.07, 6.45) is 1.28. The topological polar surface area (TPSA) is 105 Å². The molecule has 2 rings (SSSR count). The third kappa shape index (κ3) is 3.78. The standard InChI is InChI=1S/C12H17N3O5/c16-10(17)1-2-15-8-9(11(18)13-12(15)19)7-14-3-5-20-6-4-14/h8H,1-7H2,(H,16,17)(H,13,18,19). The van der Waals surface area contributed by atoms with E-state index in [0.29, 0.717) is 25.3 Å². The second-order valence-corrected chi connectivity index (χ2v) is 4.64. The van der Waals surface area contributed by atoms with Crippen molar-refractivity contribution in [2.75, 3.05) is 26.3 Å². The Morgan fingerprint density at radius 3 is 2.70 bits per heavy atom. The fraction of sp³-hybridized carbons (Fsp3) is 0.583. The van der Waals surface area contributed by atoms with Gasteiger partial charge in [-0.2, -0.15) is 0 Å². The average Bonchev–Trinajstić information content (AvgIpc) is 2.41. The van der Waals surface area contributed by atoms with Crippen LogP contribution < -0.4 is 11.2 Å². The van der Waals surface area contributed by atoms with E-state index >= 15 is 0 Å². The Kier molecular flexibility index (Phi) is 4.70. The lowest BCUT2D eigenvalue weighted by molar-refractivity contribution is -0.137. The number of nitrogens with zero attached hydrogens (tertiary/aromatic N) is 2. The van der Waals surface area contributed by atoms with Crippen LogP contribution in [0.25, 0.3) is 0 Å². The Labute approximate surface area is 114 Å². The van der Waals surface area contributed by atoms with Crippen LogP contribution in [0, 0.1) is 0 Å². The molecule has 8 nitrogen and oxygen atoms in total. The zero-order valence-electron chi connectivity index (χ0n) is 11.0. The number of nitrogens with one attached hydrogen (secondary N) is 1. The number of carbonyl (C=O) groups is 1. The molecule has 2 heterocycles.